The van der Waals surface area contributed by atoms with Gasteiger partial charge in [0, 0.05) is 16.5 Å². The predicted octanol–water partition coefficient (Wildman–Crippen LogP) is 2.46. The van der Waals surface area contributed by atoms with Crippen LogP contribution in [-0.2, 0) is 9.53 Å². The molecular weight excluding hydrogens is 373 g/mol. The number of halogens is 1. The Labute approximate surface area is 131 Å². The first-order valence-electron chi connectivity index (χ1n) is 6.38. The highest BCUT2D eigenvalue weighted by Gasteiger charge is 2.10. The predicted molar refractivity (Wildman–Crippen MR) is 83.6 cm³/mol. The van der Waals surface area contributed by atoms with Crippen LogP contribution in [0.15, 0.2) is 18.2 Å². The van der Waals surface area contributed by atoms with Gasteiger partial charge < -0.3 is 15.2 Å². The molecule has 1 aromatic rings. The molecule has 0 aliphatic rings. The van der Waals surface area contributed by atoms with Crippen LogP contribution in [0.3, 0.4) is 0 Å². The van der Waals surface area contributed by atoms with Gasteiger partial charge in [0.1, 0.15) is 5.75 Å². The van der Waals surface area contributed by atoms with Crippen LogP contribution < -0.4 is 5.32 Å². The number of carbonyl (C=O) groups excluding carboxylic acids is 2. The Kier molecular flexibility index (Phi) is 7.35. The highest BCUT2D eigenvalue weighted by molar-refractivity contribution is 14.1. The third-order valence-electron chi connectivity index (χ3n) is 2.77. The maximum absolute atomic E-state index is 11.9. The van der Waals surface area contributed by atoms with E-state index in [-0.39, 0.29) is 23.2 Å². The first-order chi connectivity index (χ1) is 9.54. The Morgan fingerprint density at radius 1 is 1.30 bits per heavy atom. The molecule has 0 radical (unpaired) electrons. The lowest BCUT2D eigenvalue weighted by Crippen LogP contribution is -2.24. The summed E-state index contributed by atoms with van der Waals surface area (Å²) in [4.78, 5) is 22.7. The number of esters is 1. The number of methoxy groups -OCH3 is 1. The minimum Gasteiger partial charge on any atom is -0.507 e. The molecule has 0 bridgehead atoms. The third-order valence-corrected chi connectivity index (χ3v) is 3.45. The summed E-state index contributed by atoms with van der Waals surface area (Å²) in [6.07, 6.45) is 2.78. The number of amides is 1. The van der Waals surface area contributed by atoms with Gasteiger partial charge in [-0.3, -0.25) is 9.59 Å². The van der Waals surface area contributed by atoms with Crippen molar-refractivity contribution in [3.8, 4) is 5.75 Å². The monoisotopic (exact) mass is 391 g/mol. The van der Waals surface area contributed by atoms with E-state index in [1.807, 2.05) is 0 Å². The van der Waals surface area contributed by atoms with E-state index in [2.05, 4.69) is 32.6 Å². The average Bonchev–Trinajstić information content (AvgIpc) is 2.44. The Morgan fingerprint density at radius 2 is 2.05 bits per heavy atom. The van der Waals surface area contributed by atoms with Crippen molar-refractivity contribution in [1.29, 1.82) is 0 Å². The third kappa shape index (κ3) is 5.77. The molecular formula is C14H18INO4. The summed E-state index contributed by atoms with van der Waals surface area (Å²) in [5, 5.41) is 12.4. The van der Waals surface area contributed by atoms with Crippen molar-refractivity contribution < 1.29 is 19.4 Å². The van der Waals surface area contributed by atoms with Gasteiger partial charge in [-0.1, -0.05) is 6.42 Å². The Balaban J connectivity index is 2.27. The number of carbonyl (C=O) groups is 2. The molecule has 0 unspecified atom stereocenters. The zero-order valence-corrected chi connectivity index (χ0v) is 13.5. The van der Waals surface area contributed by atoms with E-state index >= 15 is 0 Å². The van der Waals surface area contributed by atoms with Crippen LogP contribution in [0, 0.1) is 3.57 Å². The van der Waals surface area contributed by atoms with Crippen LogP contribution in [0.2, 0.25) is 0 Å². The fraction of sp³-hybridized carbons (Fsp3) is 0.429. The highest BCUT2D eigenvalue weighted by Crippen LogP contribution is 2.19. The maximum Gasteiger partial charge on any atom is 0.305 e. The fourth-order valence-corrected chi connectivity index (χ4v) is 2.15. The van der Waals surface area contributed by atoms with E-state index in [0.717, 1.165) is 22.8 Å². The van der Waals surface area contributed by atoms with E-state index in [4.69, 9.17) is 0 Å². The van der Waals surface area contributed by atoms with Crippen LogP contribution in [0.4, 0.5) is 0 Å². The van der Waals surface area contributed by atoms with Gasteiger partial charge in [0.2, 0.25) is 0 Å². The summed E-state index contributed by atoms with van der Waals surface area (Å²) in [5.74, 6) is -0.514. The number of aromatic hydroxyl groups is 1. The number of phenols is 1. The first-order valence-corrected chi connectivity index (χ1v) is 7.46. The topological polar surface area (TPSA) is 75.6 Å². The van der Waals surface area contributed by atoms with Gasteiger partial charge in [-0.05, 0) is 53.6 Å². The number of hydrogen-bond acceptors (Lipinski definition) is 4. The molecule has 1 amide bonds. The summed E-state index contributed by atoms with van der Waals surface area (Å²) in [6, 6.07) is 4.88. The van der Waals surface area contributed by atoms with Crippen molar-refractivity contribution in [2.24, 2.45) is 0 Å². The molecule has 0 atom stereocenters. The molecule has 2 N–H and O–H groups in total. The molecule has 0 heterocycles. The summed E-state index contributed by atoms with van der Waals surface area (Å²) < 4.78 is 5.43. The Morgan fingerprint density at radius 3 is 2.75 bits per heavy atom. The van der Waals surface area contributed by atoms with Gasteiger partial charge in [-0.25, -0.2) is 0 Å². The van der Waals surface area contributed by atoms with Gasteiger partial charge in [0.25, 0.3) is 5.91 Å². The number of rotatable bonds is 7. The van der Waals surface area contributed by atoms with Crippen molar-refractivity contribution in [2.45, 2.75) is 25.7 Å². The van der Waals surface area contributed by atoms with Crippen molar-refractivity contribution in [3.05, 3.63) is 27.3 Å². The van der Waals surface area contributed by atoms with Gasteiger partial charge in [-0.2, -0.15) is 0 Å². The number of phenolic OH excluding ortho intramolecular Hbond substituents is 1. The lowest BCUT2D eigenvalue weighted by atomic mass is 10.1. The number of benzene rings is 1. The first kappa shape index (κ1) is 16.7. The van der Waals surface area contributed by atoms with Crippen LogP contribution in [0.5, 0.6) is 5.75 Å². The van der Waals surface area contributed by atoms with Gasteiger partial charge in [0.15, 0.2) is 0 Å². The standard InChI is InChI=1S/C14H18INO4/c1-20-13(18)5-3-2-4-8-16-14(19)11-9-10(15)6-7-12(11)17/h6-7,9,17H,2-5,8H2,1H3,(H,16,19). The quantitative estimate of drug-likeness (QED) is 0.426. The van der Waals surface area contributed by atoms with E-state index in [1.165, 1.54) is 13.2 Å². The van der Waals surface area contributed by atoms with Crippen molar-refractivity contribution in [2.75, 3.05) is 13.7 Å². The normalized spacial score (nSPS) is 10.1. The molecule has 1 aromatic carbocycles. The fourth-order valence-electron chi connectivity index (χ4n) is 1.66. The molecule has 1 rings (SSSR count). The van der Waals surface area contributed by atoms with E-state index in [1.54, 1.807) is 12.1 Å². The number of nitrogens with one attached hydrogen (secondary N) is 1. The van der Waals surface area contributed by atoms with E-state index in [9.17, 15) is 14.7 Å². The van der Waals surface area contributed by atoms with Crippen LogP contribution >= 0.6 is 22.6 Å². The smallest absolute Gasteiger partial charge is 0.305 e. The number of unbranched alkanes of at least 4 members (excludes halogenated alkanes) is 2. The molecule has 6 heteroatoms. The highest BCUT2D eigenvalue weighted by atomic mass is 127. The lowest BCUT2D eigenvalue weighted by Gasteiger charge is -2.07. The minimum atomic E-state index is -0.283. The largest absolute Gasteiger partial charge is 0.507 e. The van der Waals surface area contributed by atoms with Crippen molar-refractivity contribution in [3.63, 3.8) is 0 Å². The summed E-state index contributed by atoms with van der Waals surface area (Å²) in [6.45, 7) is 0.519. The van der Waals surface area contributed by atoms with Crippen molar-refractivity contribution in [1.82, 2.24) is 5.32 Å². The summed E-state index contributed by atoms with van der Waals surface area (Å²) in [7, 11) is 1.37. The Hall–Kier alpha value is -1.31. The molecule has 0 aromatic heterocycles. The second kappa shape index (κ2) is 8.78. The van der Waals surface area contributed by atoms with Crippen LogP contribution in [-0.4, -0.2) is 30.6 Å². The average molecular weight is 391 g/mol. The molecule has 0 aliphatic heterocycles. The van der Waals surface area contributed by atoms with E-state index < -0.39 is 0 Å². The zero-order valence-electron chi connectivity index (χ0n) is 11.3. The molecule has 0 saturated heterocycles. The minimum absolute atomic E-state index is 0.0198. The van der Waals surface area contributed by atoms with Gasteiger partial charge in [0.05, 0.1) is 12.7 Å². The zero-order chi connectivity index (χ0) is 15.0. The molecule has 110 valence electrons. The molecule has 0 saturated carbocycles. The van der Waals surface area contributed by atoms with Crippen LogP contribution in [0.25, 0.3) is 0 Å². The molecule has 0 spiro atoms. The molecule has 0 fully saturated rings. The second-order valence-corrected chi connectivity index (χ2v) is 5.55. The van der Waals surface area contributed by atoms with E-state index in [0.29, 0.717) is 13.0 Å². The maximum atomic E-state index is 11.9. The number of hydrogen-bond donors (Lipinski definition) is 2. The summed E-state index contributed by atoms with van der Waals surface area (Å²) in [5.41, 5.74) is 0.284. The SMILES string of the molecule is COC(=O)CCCCCNC(=O)c1cc(I)ccc1O. The second-order valence-electron chi connectivity index (χ2n) is 4.30. The van der Waals surface area contributed by atoms with Gasteiger partial charge in [-0.15, -0.1) is 0 Å². The summed E-state index contributed by atoms with van der Waals surface area (Å²) >= 11 is 2.09. The molecule has 0 aliphatic carbocycles. The Bertz CT molecular complexity index is 476. The van der Waals surface area contributed by atoms with Crippen LogP contribution in [0.1, 0.15) is 36.0 Å². The number of ether oxygens (including phenoxy) is 1. The molecule has 5 nitrogen and oxygen atoms in total. The molecule has 20 heavy (non-hydrogen) atoms. The van der Waals surface area contributed by atoms with Crippen molar-refractivity contribution >= 4 is 34.5 Å². The lowest BCUT2D eigenvalue weighted by molar-refractivity contribution is -0.140. The van der Waals surface area contributed by atoms with Gasteiger partial charge >= 0.3 is 5.97 Å².